The van der Waals surface area contributed by atoms with Crippen LogP contribution in [-0.4, -0.2) is 18.7 Å². The molecule has 0 bridgehead atoms. The summed E-state index contributed by atoms with van der Waals surface area (Å²) in [6.45, 7) is 0.559. The van der Waals surface area contributed by atoms with Crippen LogP contribution in [0.4, 0.5) is 0 Å². The summed E-state index contributed by atoms with van der Waals surface area (Å²) >= 11 is 0. The number of aliphatic imine (C=N–C) groups is 1. The number of rotatable bonds is 6. The number of isocyanates is 1. The number of aryl methyl sites for hydroxylation is 1. The minimum absolute atomic E-state index is 0.415. The minimum atomic E-state index is 0.415. The van der Waals surface area contributed by atoms with E-state index in [9.17, 15) is 4.79 Å². The molecular weight excluding hydrogens is 226 g/mol. The van der Waals surface area contributed by atoms with Crippen LogP contribution in [0, 0.1) is 0 Å². The summed E-state index contributed by atoms with van der Waals surface area (Å²) in [7, 11) is 0. The lowest BCUT2D eigenvalue weighted by atomic mass is 10.1. The summed E-state index contributed by atoms with van der Waals surface area (Å²) in [6, 6.07) is 8.26. The zero-order chi connectivity index (χ0) is 12.6. The maximum Gasteiger partial charge on any atom is 0.234 e. The smallest absolute Gasteiger partial charge is 0.234 e. The van der Waals surface area contributed by atoms with Crippen LogP contribution in [0.5, 0.6) is 5.75 Å². The normalized spacial score (nSPS) is 15.3. The van der Waals surface area contributed by atoms with Crippen molar-refractivity contribution in [1.82, 2.24) is 0 Å². The molecule has 1 saturated carbocycles. The lowest BCUT2D eigenvalue weighted by Crippen LogP contribution is -2.10. The largest absolute Gasteiger partial charge is 0.490 e. The lowest BCUT2D eigenvalue weighted by molar-refractivity contribution is 0.210. The molecule has 0 unspecified atom stereocenters. The van der Waals surface area contributed by atoms with Gasteiger partial charge in [-0.15, -0.1) is 0 Å². The van der Waals surface area contributed by atoms with E-state index < -0.39 is 0 Å². The molecule has 3 heteroatoms. The second kappa shape index (κ2) is 6.97. The van der Waals surface area contributed by atoms with E-state index in [1.54, 1.807) is 6.08 Å². The van der Waals surface area contributed by atoms with Crippen molar-refractivity contribution in [3.05, 3.63) is 29.8 Å². The van der Waals surface area contributed by atoms with Crippen molar-refractivity contribution < 1.29 is 9.53 Å². The number of benzene rings is 1. The van der Waals surface area contributed by atoms with E-state index in [4.69, 9.17) is 4.74 Å². The van der Waals surface area contributed by atoms with E-state index >= 15 is 0 Å². The van der Waals surface area contributed by atoms with Crippen LogP contribution in [0.15, 0.2) is 29.3 Å². The Kier molecular flexibility index (Phi) is 4.98. The first kappa shape index (κ1) is 12.8. The first-order chi connectivity index (χ1) is 8.88. The fraction of sp³-hybridized carbons (Fsp3) is 0.533. The topological polar surface area (TPSA) is 38.7 Å². The molecule has 1 aromatic rings. The van der Waals surface area contributed by atoms with E-state index in [1.165, 1.54) is 31.2 Å². The Morgan fingerprint density at radius 3 is 2.61 bits per heavy atom. The van der Waals surface area contributed by atoms with Crippen molar-refractivity contribution >= 4 is 6.08 Å². The van der Waals surface area contributed by atoms with Gasteiger partial charge in [0.2, 0.25) is 6.08 Å². The van der Waals surface area contributed by atoms with Gasteiger partial charge < -0.3 is 4.74 Å². The average Bonchev–Trinajstić information content (AvgIpc) is 2.89. The van der Waals surface area contributed by atoms with Crippen LogP contribution in [0.25, 0.3) is 0 Å². The van der Waals surface area contributed by atoms with Crippen LogP contribution in [0.2, 0.25) is 0 Å². The first-order valence-corrected chi connectivity index (χ1v) is 6.68. The molecule has 0 atom stereocenters. The highest BCUT2D eigenvalue weighted by atomic mass is 16.5. The standard InChI is InChI=1S/C15H19NO2/c17-12-16-11-3-4-13-7-9-15(10-8-13)18-14-5-1-2-6-14/h7-10,14H,1-6,11H2. The van der Waals surface area contributed by atoms with Crippen LogP contribution < -0.4 is 4.74 Å². The molecule has 3 nitrogen and oxygen atoms in total. The maximum absolute atomic E-state index is 9.92. The Morgan fingerprint density at radius 1 is 1.22 bits per heavy atom. The fourth-order valence-electron chi connectivity index (χ4n) is 2.34. The van der Waals surface area contributed by atoms with Gasteiger partial charge in [-0.3, -0.25) is 0 Å². The predicted molar refractivity (Wildman–Crippen MR) is 70.6 cm³/mol. The summed E-state index contributed by atoms with van der Waals surface area (Å²) in [6.07, 6.45) is 8.75. The van der Waals surface area contributed by atoms with Gasteiger partial charge in [-0.1, -0.05) is 12.1 Å². The SMILES string of the molecule is O=C=NCCCc1ccc(OC2CCCC2)cc1. The van der Waals surface area contributed by atoms with Gasteiger partial charge in [0.05, 0.1) is 12.6 Å². The Labute approximate surface area is 108 Å². The molecule has 0 aliphatic heterocycles. The second-order valence-electron chi connectivity index (χ2n) is 4.74. The third kappa shape index (κ3) is 4.01. The zero-order valence-electron chi connectivity index (χ0n) is 10.6. The van der Waals surface area contributed by atoms with Crippen molar-refractivity contribution in [1.29, 1.82) is 0 Å². The molecule has 18 heavy (non-hydrogen) atoms. The van der Waals surface area contributed by atoms with Crippen LogP contribution >= 0.6 is 0 Å². The monoisotopic (exact) mass is 245 g/mol. The van der Waals surface area contributed by atoms with E-state index in [0.29, 0.717) is 12.6 Å². The number of hydrogen-bond donors (Lipinski definition) is 0. The molecule has 0 saturated heterocycles. The number of hydrogen-bond acceptors (Lipinski definition) is 3. The molecule has 1 aliphatic carbocycles. The van der Waals surface area contributed by atoms with Gasteiger partial charge in [-0.05, 0) is 56.2 Å². The first-order valence-electron chi connectivity index (χ1n) is 6.68. The molecule has 1 aromatic carbocycles. The van der Waals surface area contributed by atoms with Gasteiger partial charge in [0.15, 0.2) is 0 Å². The van der Waals surface area contributed by atoms with Gasteiger partial charge >= 0.3 is 0 Å². The molecule has 1 fully saturated rings. The number of carbonyl (C=O) groups excluding carboxylic acids is 1. The molecule has 0 heterocycles. The molecule has 0 amide bonds. The molecule has 0 radical (unpaired) electrons. The number of ether oxygens (including phenoxy) is 1. The average molecular weight is 245 g/mol. The molecular formula is C15H19NO2. The molecule has 96 valence electrons. The third-order valence-corrected chi connectivity index (χ3v) is 3.33. The second-order valence-corrected chi connectivity index (χ2v) is 4.74. The van der Waals surface area contributed by atoms with E-state index in [0.717, 1.165) is 18.6 Å². The van der Waals surface area contributed by atoms with Crippen molar-refractivity contribution in [3.63, 3.8) is 0 Å². The molecule has 1 aliphatic rings. The van der Waals surface area contributed by atoms with Crippen molar-refractivity contribution in [2.45, 2.75) is 44.6 Å². The highest BCUT2D eigenvalue weighted by molar-refractivity contribution is 5.32. The lowest BCUT2D eigenvalue weighted by Gasteiger charge is -2.13. The Morgan fingerprint density at radius 2 is 1.94 bits per heavy atom. The molecule has 0 N–H and O–H groups in total. The van der Waals surface area contributed by atoms with E-state index in [2.05, 4.69) is 17.1 Å². The summed E-state index contributed by atoms with van der Waals surface area (Å²) < 4.78 is 5.90. The number of nitrogens with zero attached hydrogens (tertiary/aromatic N) is 1. The van der Waals surface area contributed by atoms with Gasteiger partial charge in [0.25, 0.3) is 0 Å². The van der Waals surface area contributed by atoms with Gasteiger partial charge in [0, 0.05) is 0 Å². The van der Waals surface area contributed by atoms with E-state index in [1.807, 2.05) is 12.1 Å². The zero-order valence-corrected chi connectivity index (χ0v) is 10.6. The van der Waals surface area contributed by atoms with Crippen LogP contribution in [0.3, 0.4) is 0 Å². The molecule has 0 aromatic heterocycles. The summed E-state index contributed by atoms with van der Waals surface area (Å²) in [5.74, 6) is 0.969. The van der Waals surface area contributed by atoms with Gasteiger partial charge in [-0.2, -0.15) is 0 Å². The molecule has 0 spiro atoms. The van der Waals surface area contributed by atoms with Crippen molar-refractivity contribution in [3.8, 4) is 5.75 Å². The minimum Gasteiger partial charge on any atom is -0.490 e. The van der Waals surface area contributed by atoms with Crippen molar-refractivity contribution in [2.75, 3.05) is 6.54 Å². The highest BCUT2D eigenvalue weighted by Crippen LogP contribution is 2.24. The van der Waals surface area contributed by atoms with Crippen LogP contribution in [-0.2, 0) is 11.2 Å². The summed E-state index contributed by atoms with van der Waals surface area (Å²) in [5, 5.41) is 0. The maximum atomic E-state index is 9.92. The van der Waals surface area contributed by atoms with Crippen molar-refractivity contribution in [2.24, 2.45) is 4.99 Å². The summed E-state index contributed by atoms with van der Waals surface area (Å²) in [4.78, 5) is 13.5. The van der Waals surface area contributed by atoms with Gasteiger partial charge in [-0.25, -0.2) is 9.79 Å². The quantitative estimate of drug-likeness (QED) is 0.438. The Bertz CT molecular complexity index is 401. The highest BCUT2D eigenvalue weighted by Gasteiger charge is 2.16. The predicted octanol–water partition coefficient (Wildman–Crippen LogP) is 3.28. The Hall–Kier alpha value is -1.60. The molecule has 2 rings (SSSR count). The fourth-order valence-corrected chi connectivity index (χ4v) is 2.34. The van der Waals surface area contributed by atoms with E-state index in [-0.39, 0.29) is 0 Å². The Balaban J connectivity index is 1.79. The summed E-state index contributed by atoms with van der Waals surface area (Å²) in [5.41, 5.74) is 1.26. The van der Waals surface area contributed by atoms with Crippen LogP contribution in [0.1, 0.15) is 37.7 Å². The van der Waals surface area contributed by atoms with Gasteiger partial charge in [0.1, 0.15) is 5.75 Å². The third-order valence-electron chi connectivity index (χ3n) is 3.33.